The molecular weight excluding hydrogens is 282 g/mol. The maximum absolute atomic E-state index is 12.0. The lowest BCUT2D eigenvalue weighted by Gasteiger charge is -2.20. The molecule has 2 amide bonds. The molecule has 0 bridgehead atoms. The van der Waals surface area contributed by atoms with Gasteiger partial charge < -0.3 is 16.4 Å². The molecule has 0 aliphatic carbocycles. The Bertz CT molecular complexity index is 478. The maximum Gasteiger partial charge on any atom is 0.315 e. The summed E-state index contributed by atoms with van der Waals surface area (Å²) in [5.41, 5.74) is 7.05. The Morgan fingerprint density at radius 2 is 2.19 bits per heavy atom. The third kappa shape index (κ3) is 4.64. The molecule has 2 atom stereocenters. The monoisotopic (exact) mass is 307 g/mol. The van der Waals surface area contributed by atoms with Gasteiger partial charge in [0.15, 0.2) is 0 Å². The van der Waals surface area contributed by atoms with Gasteiger partial charge in [0.2, 0.25) is 0 Å². The molecule has 0 aromatic heterocycles. The van der Waals surface area contributed by atoms with E-state index in [1.54, 1.807) is 0 Å². The maximum atomic E-state index is 12.0. The fourth-order valence-corrected chi connectivity index (χ4v) is 3.89. The first-order valence-corrected chi connectivity index (χ1v) is 8.54. The summed E-state index contributed by atoms with van der Waals surface area (Å²) in [6.07, 6.45) is 0.909. The second-order valence-corrected chi connectivity index (χ2v) is 7.02. The van der Waals surface area contributed by atoms with Crippen molar-refractivity contribution in [3.63, 3.8) is 0 Å². The van der Waals surface area contributed by atoms with Crippen LogP contribution < -0.4 is 16.4 Å². The van der Waals surface area contributed by atoms with Gasteiger partial charge in [-0.2, -0.15) is 0 Å². The minimum atomic E-state index is -0.111. The predicted octanol–water partition coefficient (Wildman–Crippen LogP) is 2.55. The molecule has 1 aromatic rings. The van der Waals surface area contributed by atoms with Crippen molar-refractivity contribution >= 4 is 17.8 Å². The van der Waals surface area contributed by atoms with Crippen LogP contribution in [0.2, 0.25) is 0 Å². The molecule has 21 heavy (non-hydrogen) atoms. The van der Waals surface area contributed by atoms with Gasteiger partial charge in [-0.15, -0.1) is 11.8 Å². The van der Waals surface area contributed by atoms with Crippen LogP contribution in [0.15, 0.2) is 29.2 Å². The molecule has 0 radical (unpaired) electrons. The number of nitrogens with one attached hydrogen (secondary N) is 2. The third-order valence-corrected chi connectivity index (χ3v) is 4.94. The highest BCUT2D eigenvalue weighted by molar-refractivity contribution is 7.99. The molecule has 116 valence electrons. The highest BCUT2D eigenvalue weighted by atomic mass is 32.2. The van der Waals surface area contributed by atoms with Crippen LogP contribution in [-0.2, 0) is 0 Å². The van der Waals surface area contributed by atoms with Gasteiger partial charge in [0.25, 0.3) is 0 Å². The van der Waals surface area contributed by atoms with Crippen LogP contribution in [0.3, 0.4) is 0 Å². The Labute approximate surface area is 131 Å². The quantitative estimate of drug-likeness (QED) is 0.756. The van der Waals surface area contributed by atoms with Gasteiger partial charge >= 0.3 is 6.03 Å². The molecule has 1 aliphatic rings. The van der Waals surface area contributed by atoms with Crippen molar-refractivity contribution in [1.29, 1.82) is 0 Å². The molecule has 1 heterocycles. The average molecular weight is 307 g/mol. The number of benzene rings is 1. The first kappa shape index (κ1) is 16.2. The topological polar surface area (TPSA) is 67.1 Å². The molecule has 4 nitrogen and oxygen atoms in total. The molecule has 0 spiro atoms. The second-order valence-electron chi connectivity index (χ2n) is 5.96. The number of carbonyl (C=O) groups excluding carboxylic acids is 1. The van der Waals surface area contributed by atoms with Crippen LogP contribution >= 0.6 is 11.8 Å². The third-order valence-electron chi connectivity index (χ3n) is 3.68. The number of hydrogen-bond donors (Lipinski definition) is 3. The molecule has 0 saturated heterocycles. The summed E-state index contributed by atoms with van der Waals surface area (Å²) in [6, 6.07) is 8.36. The van der Waals surface area contributed by atoms with Gasteiger partial charge in [-0.05, 0) is 24.0 Å². The summed E-state index contributed by atoms with van der Waals surface area (Å²) in [7, 11) is 0. The van der Waals surface area contributed by atoms with Gasteiger partial charge in [-0.25, -0.2) is 4.79 Å². The zero-order valence-electron chi connectivity index (χ0n) is 12.8. The van der Waals surface area contributed by atoms with E-state index < -0.39 is 0 Å². The fourth-order valence-electron chi connectivity index (χ4n) is 2.63. The van der Waals surface area contributed by atoms with Crippen molar-refractivity contribution in [1.82, 2.24) is 10.6 Å². The van der Waals surface area contributed by atoms with Crippen molar-refractivity contribution in [2.45, 2.75) is 37.1 Å². The highest BCUT2D eigenvalue weighted by Gasteiger charge is 2.23. The number of amides is 2. The van der Waals surface area contributed by atoms with Gasteiger partial charge in [0.05, 0.1) is 0 Å². The van der Waals surface area contributed by atoms with E-state index in [1.807, 2.05) is 11.8 Å². The summed E-state index contributed by atoms with van der Waals surface area (Å²) in [4.78, 5) is 13.3. The average Bonchev–Trinajstić information content (AvgIpc) is 2.87. The zero-order chi connectivity index (χ0) is 15.2. The van der Waals surface area contributed by atoms with Crippen molar-refractivity contribution in [3.8, 4) is 0 Å². The number of hydrogen-bond acceptors (Lipinski definition) is 3. The predicted molar refractivity (Wildman–Crippen MR) is 88.7 cm³/mol. The normalized spacial score (nSPS) is 18.4. The van der Waals surface area contributed by atoms with E-state index in [0.29, 0.717) is 24.9 Å². The lowest BCUT2D eigenvalue weighted by molar-refractivity contribution is 0.235. The Balaban J connectivity index is 1.80. The smallest absolute Gasteiger partial charge is 0.315 e. The van der Waals surface area contributed by atoms with Gasteiger partial charge in [-0.1, -0.05) is 32.0 Å². The van der Waals surface area contributed by atoms with E-state index >= 15 is 0 Å². The summed E-state index contributed by atoms with van der Waals surface area (Å²) < 4.78 is 0. The Morgan fingerprint density at radius 3 is 2.90 bits per heavy atom. The number of thioether (sulfide) groups is 1. The molecule has 2 rings (SSSR count). The summed E-state index contributed by atoms with van der Waals surface area (Å²) in [5, 5.41) is 5.95. The minimum Gasteiger partial charge on any atom is -0.338 e. The van der Waals surface area contributed by atoms with E-state index in [-0.39, 0.29) is 12.1 Å². The lowest BCUT2D eigenvalue weighted by atomic mass is 10.0. The van der Waals surface area contributed by atoms with E-state index in [4.69, 9.17) is 5.73 Å². The van der Waals surface area contributed by atoms with Crippen molar-refractivity contribution in [2.75, 3.05) is 18.8 Å². The van der Waals surface area contributed by atoms with Crippen LogP contribution in [0.4, 0.5) is 4.79 Å². The highest BCUT2D eigenvalue weighted by Crippen LogP contribution is 2.38. The molecule has 4 N–H and O–H groups in total. The Morgan fingerprint density at radius 1 is 1.43 bits per heavy atom. The summed E-state index contributed by atoms with van der Waals surface area (Å²) in [5.74, 6) is 1.96. The van der Waals surface area contributed by atoms with Crippen molar-refractivity contribution < 1.29 is 4.79 Å². The van der Waals surface area contributed by atoms with E-state index in [1.165, 1.54) is 10.5 Å². The number of nitrogens with two attached hydrogens (primary N) is 1. The van der Waals surface area contributed by atoms with Gasteiger partial charge in [0.1, 0.15) is 0 Å². The fraction of sp³-hybridized carbons (Fsp3) is 0.562. The zero-order valence-corrected chi connectivity index (χ0v) is 13.6. The van der Waals surface area contributed by atoms with E-state index in [9.17, 15) is 4.79 Å². The van der Waals surface area contributed by atoms with E-state index in [0.717, 1.165) is 12.2 Å². The van der Waals surface area contributed by atoms with Crippen LogP contribution in [0.1, 0.15) is 31.7 Å². The SMILES string of the molecule is CC(C)CC(CN)NC(=O)NCC1CSc2ccccc21. The molecule has 0 saturated carbocycles. The Kier molecular flexibility index (Phi) is 5.94. The van der Waals surface area contributed by atoms with E-state index in [2.05, 4.69) is 48.7 Å². The van der Waals surface area contributed by atoms with Gasteiger partial charge in [-0.3, -0.25) is 0 Å². The number of rotatable bonds is 6. The molecule has 1 aromatic carbocycles. The molecule has 2 unspecified atom stereocenters. The summed E-state index contributed by atoms with van der Waals surface area (Å²) in [6.45, 7) is 5.42. The van der Waals surface area contributed by atoms with Gasteiger partial charge in [0, 0.05) is 35.7 Å². The Hall–Kier alpha value is -1.20. The van der Waals surface area contributed by atoms with Crippen LogP contribution in [-0.4, -0.2) is 30.9 Å². The number of fused-ring (bicyclic) bond motifs is 1. The molecule has 1 aliphatic heterocycles. The van der Waals surface area contributed by atoms with Crippen LogP contribution in [0, 0.1) is 5.92 Å². The van der Waals surface area contributed by atoms with Crippen LogP contribution in [0.25, 0.3) is 0 Å². The largest absolute Gasteiger partial charge is 0.338 e. The van der Waals surface area contributed by atoms with Crippen molar-refractivity contribution in [3.05, 3.63) is 29.8 Å². The van der Waals surface area contributed by atoms with Crippen molar-refractivity contribution in [2.24, 2.45) is 11.7 Å². The molecule has 0 fully saturated rings. The van der Waals surface area contributed by atoms with Crippen LogP contribution in [0.5, 0.6) is 0 Å². The number of carbonyl (C=O) groups is 1. The first-order valence-electron chi connectivity index (χ1n) is 7.56. The standard InChI is InChI=1S/C16H25N3OS/c1-11(2)7-13(8-17)19-16(20)18-9-12-10-21-15-6-4-3-5-14(12)15/h3-6,11-13H,7-10,17H2,1-2H3,(H2,18,19,20). The molecule has 5 heteroatoms. The summed E-state index contributed by atoms with van der Waals surface area (Å²) >= 11 is 1.86. The number of urea groups is 1. The first-order chi connectivity index (χ1) is 10.1. The second kappa shape index (κ2) is 7.71. The minimum absolute atomic E-state index is 0.0511. The molecular formula is C16H25N3OS. The lowest BCUT2D eigenvalue weighted by Crippen LogP contribution is -2.46.